The molecule has 0 N–H and O–H groups in total. The van der Waals surface area contributed by atoms with Gasteiger partial charge >= 0.3 is 0 Å². The lowest BCUT2D eigenvalue weighted by Gasteiger charge is -2.06. The molecule has 0 aliphatic rings. The maximum atomic E-state index is 6.44. The van der Waals surface area contributed by atoms with Crippen LogP contribution in [-0.4, -0.2) is 22.7 Å². The molecule has 28 heavy (non-hydrogen) atoms. The molecule has 0 fully saturated rings. The molecule has 140 valence electrons. The Morgan fingerprint density at radius 3 is 2.75 bits per heavy atom. The summed E-state index contributed by atoms with van der Waals surface area (Å²) in [5.41, 5.74) is 3.06. The van der Waals surface area contributed by atoms with E-state index in [1.54, 1.807) is 25.5 Å². The van der Waals surface area contributed by atoms with Crippen molar-refractivity contribution in [3.8, 4) is 17.0 Å². The summed E-state index contributed by atoms with van der Waals surface area (Å²) in [6.07, 6.45) is 3.67. The Hall–Kier alpha value is -2.34. The number of ether oxygens (including phenoxy) is 1. The Labute approximate surface area is 180 Å². The number of halogens is 3. The second kappa shape index (κ2) is 7.95. The molecule has 0 radical (unpaired) electrons. The zero-order chi connectivity index (χ0) is 19.7. The van der Waals surface area contributed by atoms with Gasteiger partial charge in [-0.2, -0.15) is 0 Å². The summed E-state index contributed by atoms with van der Waals surface area (Å²) < 4.78 is 8.29. The van der Waals surface area contributed by atoms with Crippen LogP contribution in [0.4, 0.5) is 5.82 Å². The highest BCUT2D eigenvalue weighted by atomic mass is 79.9. The summed E-state index contributed by atoms with van der Waals surface area (Å²) in [6.45, 7) is 0. The molecule has 4 aromatic rings. The average Bonchev–Trinajstić information content (AvgIpc) is 3.04. The molecule has 0 bridgehead atoms. The third-order valence-corrected chi connectivity index (χ3v) is 5.25. The maximum Gasteiger partial charge on any atom is 0.165 e. The number of benzene rings is 2. The van der Waals surface area contributed by atoms with Gasteiger partial charge in [-0.1, -0.05) is 45.2 Å². The first-order chi connectivity index (χ1) is 13.6. The molecule has 0 saturated heterocycles. The van der Waals surface area contributed by atoms with Crippen molar-refractivity contribution >= 4 is 56.8 Å². The van der Waals surface area contributed by atoms with E-state index in [9.17, 15) is 0 Å². The van der Waals surface area contributed by atoms with Crippen molar-refractivity contribution in [1.29, 1.82) is 0 Å². The lowest BCUT2D eigenvalue weighted by molar-refractivity contribution is 0.414. The second-order valence-corrected chi connectivity index (χ2v) is 7.74. The summed E-state index contributed by atoms with van der Waals surface area (Å²) in [6, 6.07) is 16.9. The van der Waals surface area contributed by atoms with Gasteiger partial charge in [0.1, 0.15) is 17.1 Å². The van der Waals surface area contributed by atoms with Crippen molar-refractivity contribution in [3.05, 3.63) is 80.9 Å². The minimum absolute atomic E-state index is 0.521. The van der Waals surface area contributed by atoms with Crippen LogP contribution in [-0.2, 0) is 0 Å². The fraction of sp³-hybridized carbons (Fsp3) is 0.0476. The van der Waals surface area contributed by atoms with Gasteiger partial charge in [-0.15, -0.1) is 0 Å². The monoisotopic (exact) mass is 473 g/mol. The topological polar surface area (TPSA) is 38.9 Å². The summed E-state index contributed by atoms with van der Waals surface area (Å²) in [5, 5.41) is 1.09. The first kappa shape index (κ1) is 19.0. The van der Waals surface area contributed by atoms with E-state index >= 15 is 0 Å². The zero-order valence-electron chi connectivity index (χ0n) is 14.7. The van der Waals surface area contributed by atoms with Crippen LogP contribution in [0.3, 0.4) is 0 Å². The van der Waals surface area contributed by atoms with E-state index < -0.39 is 0 Å². The Balaban J connectivity index is 1.90. The van der Waals surface area contributed by atoms with Crippen LogP contribution in [0.1, 0.15) is 5.56 Å². The Morgan fingerprint density at radius 1 is 1.11 bits per heavy atom. The number of pyridine rings is 1. The predicted octanol–water partition coefficient (Wildman–Crippen LogP) is 6.83. The van der Waals surface area contributed by atoms with E-state index in [2.05, 4.69) is 15.9 Å². The zero-order valence-corrected chi connectivity index (χ0v) is 17.8. The molecule has 4 rings (SSSR count). The quantitative estimate of drug-likeness (QED) is 0.304. The average molecular weight is 475 g/mol. The van der Waals surface area contributed by atoms with Gasteiger partial charge in [-0.3, -0.25) is 4.40 Å². The minimum atomic E-state index is 0.521. The van der Waals surface area contributed by atoms with Gasteiger partial charge in [0.05, 0.1) is 12.1 Å². The molecule has 7 heteroatoms. The molecule has 0 aliphatic heterocycles. The van der Waals surface area contributed by atoms with Gasteiger partial charge < -0.3 is 4.74 Å². The third-order valence-electron chi connectivity index (χ3n) is 4.21. The molecule has 0 unspecified atom stereocenters. The normalized spacial score (nSPS) is 11.4. The van der Waals surface area contributed by atoms with Crippen LogP contribution in [0.25, 0.3) is 16.9 Å². The van der Waals surface area contributed by atoms with Gasteiger partial charge in [0.25, 0.3) is 0 Å². The minimum Gasteiger partial charge on any atom is -0.496 e. The summed E-state index contributed by atoms with van der Waals surface area (Å²) in [5.74, 6) is 1.40. The number of hydrogen-bond donors (Lipinski definition) is 0. The van der Waals surface area contributed by atoms with Crippen LogP contribution < -0.4 is 4.74 Å². The van der Waals surface area contributed by atoms with Gasteiger partial charge in [-0.05, 0) is 48.5 Å². The lowest BCUT2D eigenvalue weighted by atomic mass is 10.1. The molecular formula is C21H14BrCl2N3O. The van der Waals surface area contributed by atoms with Gasteiger partial charge in [0, 0.05) is 33.0 Å². The number of fused-ring (bicyclic) bond motifs is 1. The van der Waals surface area contributed by atoms with Crippen molar-refractivity contribution in [2.75, 3.05) is 7.11 Å². The third kappa shape index (κ3) is 3.65. The number of nitrogens with zero attached hydrogens (tertiary/aromatic N) is 3. The van der Waals surface area contributed by atoms with E-state index in [0.29, 0.717) is 21.6 Å². The summed E-state index contributed by atoms with van der Waals surface area (Å²) >= 11 is 16.0. The first-order valence-corrected chi connectivity index (χ1v) is 9.92. The fourth-order valence-corrected chi connectivity index (χ4v) is 3.78. The van der Waals surface area contributed by atoms with Crippen LogP contribution in [0.2, 0.25) is 10.0 Å². The van der Waals surface area contributed by atoms with E-state index in [4.69, 9.17) is 37.9 Å². The van der Waals surface area contributed by atoms with Crippen LogP contribution in [0.15, 0.2) is 70.3 Å². The second-order valence-electron chi connectivity index (χ2n) is 5.98. The van der Waals surface area contributed by atoms with E-state index in [1.807, 2.05) is 53.1 Å². The van der Waals surface area contributed by atoms with E-state index in [0.717, 1.165) is 27.0 Å². The van der Waals surface area contributed by atoms with Crippen LogP contribution in [0, 0.1) is 0 Å². The number of methoxy groups -OCH3 is 1. The van der Waals surface area contributed by atoms with E-state index in [1.165, 1.54) is 0 Å². The van der Waals surface area contributed by atoms with Gasteiger partial charge in [0.2, 0.25) is 0 Å². The van der Waals surface area contributed by atoms with Crippen molar-refractivity contribution in [1.82, 2.24) is 9.38 Å². The smallest absolute Gasteiger partial charge is 0.165 e. The van der Waals surface area contributed by atoms with Crippen molar-refractivity contribution in [2.24, 2.45) is 4.99 Å². The summed E-state index contributed by atoms with van der Waals surface area (Å²) in [4.78, 5) is 9.46. The number of aromatic nitrogens is 2. The molecule has 2 heterocycles. The fourth-order valence-electron chi connectivity index (χ4n) is 2.91. The Kier molecular flexibility index (Phi) is 5.40. The molecule has 4 nitrogen and oxygen atoms in total. The lowest BCUT2D eigenvalue weighted by Crippen LogP contribution is -1.91. The van der Waals surface area contributed by atoms with Crippen LogP contribution >= 0.6 is 39.1 Å². The molecular weight excluding hydrogens is 461 g/mol. The maximum absolute atomic E-state index is 6.44. The highest BCUT2D eigenvalue weighted by molar-refractivity contribution is 9.10. The SMILES string of the molecule is COc1ccc(Br)cc1C=Nc1c(-c2ccc(Cl)cc2Cl)nc2ccccn12. The Bertz CT molecular complexity index is 1200. The Morgan fingerprint density at radius 2 is 1.96 bits per heavy atom. The molecule has 0 aliphatic carbocycles. The largest absolute Gasteiger partial charge is 0.496 e. The van der Waals surface area contributed by atoms with Gasteiger partial charge in [-0.25, -0.2) is 9.98 Å². The number of rotatable bonds is 4. The standard InChI is InChI=1S/C21H14BrCl2N3O/c1-28-18-8-5-14(22)10-13(18)12-25-21-20(16-7-6-15(23)11-17(16)24)26-19-4-2-3-9-27(19)21/h2-12H,1H3. The van der Waals surface area contributed by atoms with Crippen molar-refractivity contribution in [3.63, 3.8) is 0 Å². The molecule has 0 amide bonds. The number of imidazole rings is 1. The molecule has 0 atom stereocenters. The van der Waals surface area contributed by atoms with Crippen molar-refractivity contribution < 1.29 is 4.74 Å². The van der Waals surface area contributed by atoms with E-state index in [-0.39, 0.29) is 0 Å². The number of aliphatic imine (C=N–C) groups is 1. The highest BCUT2D eigenvalue weighted by Crippen LogP contribution is 2.36. The molecule has 2 aromatic heterocycles. The summed E-state index contributed by atoms with van der Waals surface area (Å²) in [7, 11) is 1.63. The number of hydrogen-bond acceptors (Lipinski definition) is 3. The first-order valence-electron chi connectivity index (χ1n) is 8.37. The molecule has 2 aromatic carbocycles. The van der Waals surface area contributed by atoms with Gasteiger partial charge in [0.15, 0.2) is 5.82 Å². The molecule has 0 saturated carbocycles. The highest BCUT2D eigenvalue weighted by Gasteiger charge is 2.16. The predicted molar refractivity (Wildman–Crippen MR) is 119 cm³/mol. The van der Waals surface area contributed by atoms with Crippen molar-refractivity contribution in [2.45, 2.75) is 0 Å². The molecule has 0 spiro atoms. The van der Waals surface area contributed by atoms with Crippen LogP contribution in [0.5, 0.6) is 5.75 Å².